The molecule has 0 aliphatic rings. The van der Waals surface area contributed by atoms with Crippen LogP contribution in [-0.4, -0.2) is 13.0 Å². The van der Waals surface area contributed by atoms with E-state index >= 15 is 0 Å². The maximum absolute atomic E-state index is 11.6. The highest BCUT2D eigenvalue weighted by Crippen LogP contribution is 2.29. The Morgan fingerprint density at radius 2 is 2.05 bits per heavy atom. The molecule has 98 valence electrons. The van der Waals surface area contributed by atoms with Crippen molar-refractivity contribution in [2.45, 2.75) is 0 Å². The summed E-state index contributed by atoms with van der Waals surface area (Å²) in [6, 6.07) is 12.3. The van der Waals surface area contributed by atoms with Crippen LogP contribution in [0.5, 0.6) is 11.5 Å². The predicted octanol–water partition coefficient (Wildman–Crippen LogP) is 3.18. The van der Waals surface area contributed by atoms with Crippen molar-refractivity contribution in [2.24, 2.45) is 0 Å². The Kier molecular flexibility index (Phi) is 4.06. The first-order valence-electron chi connectivity index (χ1n) is 5.65. The van der Waals surface area contributed by atoms with Gasteiger partial charge in [0.05, 0.1) is 5.69 Å². The second kappa shape index (κ2) is 5.75. The summed E-state index contributed by atoms with van der Waals surface area (Å²) in [7, 11) is 1.58. The van der Waals surface area contributed by atoms with Crippen LogP contribution in [0.1, 0.15) is 10.4 Å². The molecule has 0 aliphatic carbocycles. The number of hydrogen-bond donors (Lipinski definition) is 2. The van der Waals surface area contributed by atoms with E-state index in [2.05, 4.69) is 21.2 Å². The van der Waals surface area contributed by atoms with E-state index in [1.54, 1.807) is 25.2 Å². The van der Waals surface area contributed by atoms with Gasteiger partial charge in [0.1, 0.15) is 5.75 Å². The third-order valence-electron chi connectivity index (χ3n) is 2.53. The van der Waals surface area contributed by atoms with Crippen LogP contribution in [0.25, 0.3) is 0 Å². The van der Waals surface area contributed by atoms with Gasteiger partial charge in [0.2, 0.25) is 0 Å². The Hall–Kier alpha value is -2.01. The van der Waals surface area contributed by atoms with Gasteiger partial charge in [-0.25, -0.2) is 0 Å². The summed E-state index contributed by atoms with van der Waals surface area (Å²) in [6.45, 7) is 0. The van der Waals surface area contributed by atoms with Crippen molar-refractivity contribution < 1.29 is 9.53 Å². The van der Waals surface area contributed by atoms with Gasteiger partial charge in [0.15, 0.2) is 5.75 Å². The minimum absolute atomic E-state index is 0.181. The number of benzene rings is 2. The Labute approximate surface area is 119 Å². The third-order valence-corrected chi connectivity index (χ3v) is 3.02. The molecule has 3 N–H and O–H groups in total. The highest BCUT2D eigenvalue weighted by atomic mass is 79.9. The molecular formula is C14H13BrN2O2. The third kappa shape index (κ3) is 3.26. The molecule has 0 saturated carbocycles. The maximum Gasteiger partial charge on any atom is 0.251 e. The number of hydrogen-bond acceptors (Lipinski definition) is 3. The molecule has 2 rings (SSSR count). The SMILES string of the molecule is CNC(=O)c1ccc(N)c(Oc2cccc(Br)c2)c1. The normalized spacial score (nSPS) is 10.0. The number of anilines is 1. The number of nitrogens with two attached hydrogens (primary N) is 1. The van der Waals surface area contributed by atoms with Gasteiger partial charge in [0, 0.05) is 17.1 Å². The van der Waals surface area contributed by atoms with E-state index in [-0.39, 0.29) is 5.91 Å². The summed E-state index contributed by atoms with van der Waals surface area (Å²) in [5.74, 6) is 0.924. The lowest BCUT2D eigenvalue weighted by Crippen LogP contribution is -2.17. The van der Waals surface area contributed by atoms with Gasteiger partial charge in [-0.1, -0.05) is 22.0 Å². The molecule has 0 aromatic heterocycles. The van der Waals surface area contributed by atoms with E-state index in [1.165, 1.54) is 0 Å². The van der Waals surface area contributed by atoms with E-state index in [0.29, 0.717) is 22.7 Å². The lowest BCUT2D eigenvalue weighted by Gasteiger charge is -2.10. The molecule has 5 heteroatoms. The number of nitrogens with one attached hydrogen (secondary N) is 1. The molecule has 2 aromatic rings. The molecule has 0 saturated heterocycles. The zero-order valence-electron chi connectivity index (χ0n) is 10.3. The summed E-state index contributed by atoms with van der Waals surface area (Å²) >= 11 is 3.37. The van der Waals surface area contributed by atoms with E-state index in [1.807, 2.05) is 24.3 Å². The number of ether oxygens (including phenoxy) is 1. The first kappa shape index (κ1) is 13.4. The Bertz CT molecular complexity index is 614. The number of carbonyl (C=O) groups excluding carboxylic acids is 1. The molecule has 0 atom stereocenters. The van der Waals surface area contributed by atoms with Gasteiger partial charge in [0.25, 0.3) is 5.91 Å². The van der Waals surface area contributed by atoms with Gasteiger partial charge < -0.3 is 15.8 Å². The minimum atomic E-state index is -0.181. The zero-order chi connectivity index (χ0) is 13.8. The number of halogens is 1. The summed E-state index contributed by atoms with van der Waals surface area (Å²) in [6.07, 6.45) is 0. The van der Waals surface area contributed by atoms with E-state index < -0.39 is 0 Å². The fraction of sp³-hybridized carbons (Fsp3) is 0.0714. The summed E-state index contributed by atoms with van der Waals surface area (Å²) < 4.78 is 6.60. The highest BCUT2D eigenvalue weighted by molar-refractivity contribution is 9.10. The van der Waals surface area contributed by atoms with E-state index in [0.717, 1.165) is 4.47 Å². The van der Waals surface area contributed by atoms with Crippen LogP contribution in [-0.2, 0) is 0 Å². The summed E-state index contributed by atoms with van der Waals surface area (Å²) in [5, 5.41) is 2.56. The summed E-state index contributed by atoms with van der Waals surface area (Å²) in [4.78, 5) is 11.6. The van der Waals surface area contributed by atoms with Gasteiger partial charge >= 0.3 is 0 Å². The molecule has 0 spiro atoms. The van der Waals surface area contributed by atoms with Crippen molar-refractivity contribution in [1.29, 1.82) is 0 Å². The number of rotatable bonds is 3. The second-order valence-corrected chi connectivity index (χ2v) is 4.81. The Balaban J connectivity index is 2.31. The molecule has 19 heavy (non-hydrogen) atoms. The largest absolute Gasteiger partial charge is 0.455 e. The number of amides is 1. The molecule has 1 amide bonds. The molecule has 0 fully saturated rings. The molecule has 4 nitrogen and oxygen atoms in total. The molecule has 0 bridgehead atoms. The fourth-order valence-corrected chi connectivity index (χ4v) is 1.94. The van der Waals surface area contributed by atoms with Crippen molar-refractivity contribution in [1.82, 2.24) is 5.32 Å². The maximum atomic E-state index is 11.6. The highest BCUT2D eigenvalue weighted by Gasteiger charge is 2.08. The molecule has 0 radical (unpaired) electrons. The van der Waals surface area contributed by atoms with Gasteiger partial charge in [-0.05, 0) is 36.4 Å². The number of nitrogen functional groups attached to an aromatic ring is 1. The minimum Gasteiger partial charge on any atom is -0.455 e. The predicted molar refractivity (Wildman–Crippen MR) is 78.5 cm³/mol. The molecule has 0 heterocycles. The Morgan fingerprint density at radius 1 is 1.26 bits per heavy atom. The standard InChI is InChI=1S/C14H13BrN2O2/c1-17-14(18)9-5-6-12(16)13(7-9)19-11-4-2-3-10(15)8-11/h2-8H,16H2,1H3,(H,17,18). The van der Waals surface area contributed by atoms with Crippen LogP contribution < -0.4 is 15.8 Å². The summed E-state index contributed by atoms with van der Waals surface area (Å²) in [5.41, 5.74) is 6.83. The van der Waals surface area contributed by atoms with E-state index in [4.69, 9.17) is 10.5 Å². The van der Waals surface area contributed by atoms with Crippen LogP contribution in [0, 0.1) is 0 Å². The monoisotopic (exact) mass is 320 g/mol. The van der Waals surface area contributed by atoms with Crippen molar-refractivity contribution in [2.75, 3.05) is 12.8 Å². The lowest BCUT2D eigenvalue weighted by molar-refractivity contribution is 0.0963. The smallest absolute Gasteiger partial charge is 0.251 e. The van der Waals surface area contributed by atoms with Crippen LogP contribution in [0.15, 0.2) is 46.9 Å². The molecule has 0 aliphatic heterocycles. The quantitative estimate of drug-likeness (QED) is 0.854. The van der Waals surface area contributed by atoms with Gasteiger partial charge in [-0.2, -0.15) is 0 Å². The van der Waals surface area contributed by atoms with Gasteiger partial charge in [-0.15, -0.1) is 0 Å². The topological polar surface area (TPSA) is 64.4 Å². The van der Waals surface area contributed by atoms with Crippen LogP contribution in [0.3, 0.4) is 0 Å². The van der Waals surface area contributed by atoms with E-state index in [9.17, 15) is 4.79 Å². The second-order valence-electron chi connectivity index (χ2n) is 3.89. The molecule has 0 unspecified atom stereocenters. The van der Waals surface area contributed by atoms with Crippen molar-refractivity contribution >= 4 is 27.5 Å². The van der Waals surface area contributed by atoms with Gasteiger partial charge in [-0.3, -0.25) is 4.79 Å². The zero-order valence-corrected chi connectivity index (χ0v) is 11.9. The van der Waals surface area contributed by atoms with Crippen molar-refractivity contribution in [3.05, 3.63) is 52.5 Å². The molecular weight excluding hydrogens is 308 g/mol. The molecule has 2 aromatic carbocycles. The average molecular weight is 321 g/mol. The van der Waals surface area contributed by atoms with Crippen LogP contribution in [0.2, 0.25) is 0 Å². The van der Waals surface area contributed by atoms with Crippen molar-refractivity contribution in [3.8, 4) is 11.5 Å². The van der Waals surface area contributed by atoms with Crippen molar-refractivity contribution in [3.63, 3.8) is 0 Å². The average Bonchev–Trinajstić information content (AvgIpc) is 2.40. The lowest BCUT2D eigenvalue weighted by atomic mass is 10.2. The fourth-order valence-electron chi connectivity index (χ4n) is 1.57. The van der Waals surface area contributed by atoms with Crippen LogP contribution in [0.4, 0.5) is 5.69 Å². The number of carbonyl (C=O) groups is 1. The van der Waals surface area contributed by atoms with Crippen LogP contribution >= 0.6 is 15.9 Å². The first-order chi connectivity index (χ1) is 9.10. The first-order valence-corrected chi connectivity index (χ1v) is 6.44. The Morgan fingerprint density at radius 3 is 2.74 bits per heavy atom.